The van der Waals surface area contributed by atoms with E-state index in [9.17, 15) is 18.7 Å². The predicted molar refractivity (Wildman–Crippen MR) is 69.4 cm³/mol. The summed E-state index contributed by atoms with van der Waals surface area (Å²) in [4.78, 5) is 14.9. The lowest BCUT2D eigenvalue weighted by Crippen LogP contribution is -2.17. The number of halogens is 2. The van der Waals surface area contributed by atoms with Crippen LogP contribution in [0.3, 0.4) is 0 Å². The number of aryl methyl sites for hydroxylation is 1. The number of carbonyl (C=O) groups is 1. The second-order valence-corrected chi connectivity index (χ2v) is 4.60. The highest BCUT2D eigenvalue weighted by molar-refractivity contribution is 5.76. The van der Waals surface area contributed by atoms with Crippen LogP contribution in [-0.4, -0.2) is 16.1 Å². The molecule has 104 valence electrons. The maximum atomic E-state index is 13.7. The van der Waals surface area contributed by atoms with Crippen LogP contribution in [0.2, 0.25) is 0 Å². The molecule has 0 saturated heterocycles. The number of pyridine rings is 1. The van der Waals surface area contributed by atoms with Crippen molar-refractivity contribution in [1.82, 2.24) is 4.98 Å². The highest BCUT2D eigenvalue weighted by Crippen LogP contribution is 2.22. The summed E-state index contributed by atoms with van der Waals surface area (Å²) in [6, 6.07) is 7.91. The Morgan fingerprint density at radius 2 is 1.95 bits per heavy atom. The van der Waals surface area contributed by atoms with Gasteiger partial charge in [0.15, 0.2) is 0 Å². The summed E-state index contributed by atoms with van der Waals surface area (Å²) in [5.74, 6) is -4.10. The number of rotatable bonds is 4. The average Bonchev–Trinajstić information content (AvgIpc) is 2.39. The number of aliphatic carboxylic acids is 1. The topological polar surface area (TPSA) is 50.2 Å². The Hall–Kier alpha value is -2.30. The van der Waals surface area contributed by atoms with Gasteiger partial charge in [-0.2, -0.15) is 0 Å². The molecule has 5 heteroatoms. The van der Waals surface area contributed by atoms with Crippen molar-refractivity contribution in [3.8, 4) is 0 Å². The molecule has 1 unspecified atom stereocenters. The smallest absolute Gasteiger partial charge is 0.313 e. The minimum Gasteiger partial charge on any atom is -0.481 e. The number of hydrogen-bond acceptors (Lipinski definition) is 2. The zero-order chi connectivity index (χ0) is 14.7. The normalized spacial score (nSPS) is 12.2. The average molecular weight is 277 g/mol. The monoisotopic (exact) mass is 277 g/mol. The third-order valence-corrected chi connectivity index (χ3v) is 3.02. The lowest BCUT2D eigenvalue weighted by molar-refractivity contribution is -0.138. The molecule has 1 N–H and O–H groups in total. The van der Waals surface area contributed by atoms with Crippen LogP contribution >= 0.6 is 0 Å². The van der Waals surface area contributed by atoms with E-state index in [-0.39, 0.29) is 12.1 Å². The largest absolute Gasteiger partial charge is 0.481 e. The van der Waals surface area contributed by atoms with Crippen LogP contribution in [0.1, 0.15) is 22.7 Å². The number of carboxylic acid groups (broad SMARTS) is 1. The van der Waals surface area contributed by atoms with E-state index in [1.807, 2.05) is 19.1 Å². The number of aromatic nitrogens is 1. The third-order valence-electron chi connectivity index (χ3n) is 3.02. The minimum atomic E-state index is -1.19. The fraction of sp³-hybridized carbons (Fsp3) is 0.200. The zero-order valence-corrected chi connectivity index (χ0v) is 10.8. The van der Waals surface area contributed by atoms with Crippen LogP contribution in [-0.2, 0) is 11.2 Å². The molecule has 0 aliphatic carbocycles. The first-order chi connectivity index (χ1) is 9.47. The van der Waals surface area contributed by atoms with E-state index in [1.165, 1.54) is 0 Å². The van der Waals surface area contributed by atoms with Crippen LogP contribution in [0.25, 0.3) is 0 Å². The van der Waals surface area contributed by atoms with Crippen molar-refractivity contribution < 1.29 is 18.7 Å². The quantitative estimate of drug-likeness (QED) is 0.934. The molecule has 1 aromatic heterocycles. The predicted octanol–water partition coefficient (Wildman–Crippen LogP) is 3.08. The standard InChI is InChI=1S/C15H13F2NO2/c1-9-2-4-10(5-3-9)6-12(15(19)20)14-13(17)7-11(16)8-18-14/h2-5,7-8,12H,6H2,1H3,(H,19,20). The molecule has 1 atom stereocenters. The van der Waals surface area contributed by atoms with E-state index >= 15 is 0 Å². The number of benzene rings is 1. The number of carboxylic acids is 1. The van der Waals surface area contributed by atoms with Crippen molar-refractivity contribution in [1.29, 1.82) is 0 Å². The van der Waals surface area contributed by atoms with Gasteiger partial charge in [0.1, 0.15) is 17.6 Å². The lowest BCUT2D eigenvalue weighted by atomic mass is 9.95. The summed E-state index contributed by atoms with van der Waals surface area (Å²) in [6.45, 7) is 1.92. The molecule has 0 amide bonds. The van der Waals surface area contributed by atoms with Gasteiger partial charge in [-0.05, 0) is 18.9 Å². The fourth-order valence-corrected chi connectivity index (χ4v) is 1.94. The first-order valence-corrected chi connectivity index (χ1v) is 6.06. The number of nitrogens with zero attached hydrogens (tertiary/aromatic N) is 1. The second kappa shape index (κ2) is 5.77. The summed E-state index contributed by atoms with van der Waals surface area (Å²) in [6.07, 6.45) is 0.925. The fourth-order valence-electron chi connectivity index (χ4n) is 1.94. The molecule has 20 heavy (non-hydrogen) atoms. The number of hydrogen-bond donors (Lipinski definition) is 1. The van der Waals surface area contributed by atoms with Crippen molar-refractivity contribution in [2.24, 2.45) is 0 Å². The van der Waals surface area contributed by atoms with Crippen LogP contribution in [0.5, 0.6) is 0 Å². The van der Waals surface area contributed by atoms with Crippen molar-refractivity contribution in [2.45, 2.75) is 19.3 Å². The molecule has 0 aliphatic heterocycles. The summed E-state index contributed by atoms with van der Waals surface area (Å²) < 4.78 is 26.5. The van der Waals surface area contributed by atoms with Crippen LogP contribution in [0.4, 0.5) is 8.78 Å². The van der Waals surface area contributed by atoms with Crippen molar-refractivity contribution in [2.75, 3.05) is 0 Å². The van der Waals surface area contributed by atoms with Gasteiger partial charge in [0, 0.05) is 6.07 Å². The van der Waals surface area contributed by atoms with E-state index < -0.39 is 23.5 Å². The van der Waals surface area contributed by atoms with Gasteiger partial charge >= 0.3 is 5.97 Å². The molecule has 0 radical (unpaired) electrons. The van der Waals surface area contributed by atoms with Gasteiger partial charge in [0.05, 0.1) is 11.9 Å². The van der Waals surface area contributed by atoms with Gasteiger partial charge in [0.2, 0.25) is 0 Å². The lowest BCUT2D eigenvalue weighted by Gasteiger charge is -2.13. The van der Waals surface area contributed by atoms with Gasteiger partial charge in [-0.15, -0.1) is 0 Å². The maximum Gasteiger partial charge on any atom is 0.313 e. The molecule has 0 saturated carbocycles. The van der Waals surface area contributed by atoms with Gasteiger partial charge in [-0.1, -0.05) is 29.8 Å². The Morgan fingerprint density at radius 3 is 2.50 bits per heavy atom. The van der Waals surface area contributed by atoms with E-state index in [1.54, 1.807) is 12.1 Å². The third kappa shape index (κ3) is 3.17. The molecule has 0 spiro atoms. The van der Waals surface area contributed by atoms with E-state index in [4.69, 9.17) is 0 Å². The van der Waals surface area contributed by atoms with Crippen LogP contribution in [0, 0.1) is 18.6 Å². The zero-order valence-electron chi connectivity index (χ0n) is 10.8. The highest BCUT2D eigenvalue weighted by atomic mass is 19.1. The van der Waals surface area contributed by atoms with Gasteiger partial charge < -0.3 is 5.11 Å². The van der Waals surface area contributed by atoms with Crippen molar-refractivity contribution in [3.05, 3.63) is 65.0 Å². The highest BCUT2D eigenvalue weighted by Gasteiger charge is 2.25. The Balaban J connectivity index is 2.31. The molecular formula is C15H13F2NO2. The first kappa shape index (κ1) is 14.1. The molecule has 0 aliphatic rings. The molecule has 1 aromatic carbocycles. The van der Waals surface area contributed by atoms with Gasteiger partial charge in [-0.3, -0.25) is 9.78 Å². The van der Waals surface area contributed by atoms with E-state index in [2.05, 4.69) is 4.98 Å². The molecule has 2 rings (SSSR count). The van der Waals surface area contributed by atoms with Crippen molar-refractivity contribution in [3.63, 3.8) is 0 Å². The SMILES string of the molecule is Cc1ccc(CC(C(=O)O)c2ncc(F)cc2F)cc1. The van der Waals surface area contributed by atoms with Gasteiger partial charge in [-0.25, -0.2) is 8.78 Å². The van der Waals surface area contributed by atoms with Crippen molar-refractivity contribution >= 4 is 5.97 Å². The molecule has 0 bridgehead atoms. The Kier molecular flexibility index (Phi) is 4.08. The Morgan fingerprint density at radius 1 is 1.30 bits per heavy atom. The molecule has 1 heterocycles. The summed E-state index contributed by atoms with van der Waals surface area (Å²) in [5, 5.41) is 9.24. The Bertz CT molecular complexity index is 626. The molecule has 0 fully saturated rings. The minimum absolute atomic E-state index is 0.102. The van der Waals surface area contributed by atoms with E-state index in [0.717, 1.165) is 17.3 Å². The maximum absolute atomic E-state index is 13.7. The van der Waals surface area contributed by atoms with Gasteiger partial charge in [0.25, 0.3) is 0 Å². The van der Waals surface area contributed by atoms with E-state index in [0.29, 0.717) is 6.07 Å². The summed E-state index contributed by atoms with van der Waals surface area (Å²) in [7, 11) is 0. The van der Waals surface area contributed by atoms with Crippen LogP contribution < -0.4 is 0 Å². The second-order valence-electron chi connectivity index (χ2n) is 4.60. The Labute approximate surface area is 114 Å². The molecule has 2 aromatic rings. The first-order valence-electron chi connectivity index (χ1n) is 6.06. The summed E-state index contributed by atoms with van der Waals surface area (Å²) >= 11 is 0. The summed E-state index contributed by atoms with van der Waals surface area (Å²) in [5.41, 5.74) is 1.56. The molecule has 3 nitrogen and oxygen atoms in total. The van der Waals surface area contributed by atoms with Crippen LogP contribution in [0.15, 0.2) is 36.5 Å². The molecular weight excluding hydrogens is 264 g/mol.